The molecule has 16 heavy (non-hydrogen) atoms. The number of halogens is 3. The second-order valence-electron chi connectivity index (χ2n) is 3.88. The molecule has 0 unspecified atom stereocenters. The molecule has 86 valence electrons. The van der Waals surface area contributed by atoms with Gasteiger partial charge in [0.25, 0.3) is 0 Å². The van der Waals surface area contributed by atoms with Gasteiger partial charge < -0.3 is 5.32 Å². The zero-order valence-electron chi connectivity index (χ0n) is 8.86. The second-order valence-corrected chi connectivity index (χ2v) is 3.88. The molecule has 1 heterocycles. The number of benzene rings is 1. The highest BCUT2D eigenvalue weighted by atomic mass is 19.4. The Balaban J connectivity index is 2.53. The molecule has 0 bridgehead atoms. The van der Waals surface area contributed by atoms with Crippen LogP contribution in [-0.4, -0.2) is 6.54 Å². The van der Waals surface area contributed by atoms with Crippen LogP contribution in [0.5, 0.6) is 0 Å². The van der Waals surface area contributed by atoms with Crippen LogP contribution in [0.3, 0.4) is 0 Å². The van der Waals surface area contributed by atoms with Crippen LogP contribution in [-0.2, 0) is 6.18 Å². The lowest BCUT2D eigenvalue weighted by Crippen LogP contribution is -2.13. The Hall–Kier alpha value is -1.45. The molecular weight excluding hydrogens is 215 g/mol. The summed E-state index contributed by atoms with van der Waals surface area (Å²) in [7, 11) is 0. The van der Waals surface area contributed by atoms with Crippen molar-refractivity contribution >= 4 is 5.70 Å². The third kappa shape index (κ3) is 1.92. The van der Waals surface area contributed by atoms with Crippen LogP contribution < -0.4 is 5.32 Å². The Kier molecular flexibility index (Phi) is 2.66. The summed E-state index contributed by atoms with van der Waals surface area (Å²) in [6.07, 6.45) is -3.49. The van der Waals surface area contributed by atoms with Crippen molar-refractivity contribution in [2.75, 3.05) is 6.54 Å². The van der Waals surface area contributed by atoms with Gasteiger partial charge in [-0.25, -0.2) is 0 Å². The third-order valence-electron chi connectivity index (χ3n) is 2.73. The Morgan fingerprint density at radius 1 is 1.19 bits per heavy atom. The first-order valence-electron chi connectivity index (χ1n) is 5.10. The molecule has 0 fully saturated rings. The predicted octanol–water partition coefficient (Wildman–Crippen LogP) is 3.43. The van der Waals surface area contributed by atoms with Crippen LogP contribution in [0.15, 0.2) is 29.8 Å². The summed E-state index contributed by atoms with van der Waals surface area (Å²) in [5, 5.41) is 3.01. The Morgan fingerprint density at radius 3 is 2.44 bits per heavy atom. The molecule has 0 aliphatic carbocycles. The molecular formula is C12H12F3N. The van der Waals surface area contributed by atoms with Crippen molar-refractivity contribution < 1.29 is 13.2 Å². The van der Waals surface area contributed by atoms with Gasteiger partial charge in [-0.1, -0.05) is 18.2 Å². The van der Waals surface area contributed by atoms with Gasteiger partial charge in [-0.05, 0) is 25.0 Å². The maximum atomic E-state index is 12.8. The van der Waals surface area contributed by atoms with Crippen LogP contribution in [0.2, 0.25) is 0 Å². The number of hydrogen-bond donors (Lipinski definition) is 1. The topological polar surface area (TPSA) is 12.0 Å². The fourth-order valence-corrected chi connectivity index (χ4v) is 1.92. The Morgan fingerprint density at radius 2 is 1.88 bits per heavy atom. The van der Waals surface area contributed by atoms with E-state index in [1.165, 1.54) is 12.1 Å². The van der Waals surface area contributed by atoms with Gasteiger partial charge >= 0.3 is 6.18 Å². The molecule has 1 aromatic rings. The van der Waals surface area contributed by atoms with Crippen molar-refractivity contribution in [3.63, 3.8) is 0 Å². The van der Waals surface area contributed by atoms with E-state index in [4.69, 9.17) is 0 Å². The maximum Gasteiger partial charge on any atom is 0.417 e. The van der Waals surface area contributed by atoms with Crippen LogP contribution in [0.25, 0.3) is 5.70 Å². The van der Waals surface area contributed by atoms with E-state index in [1.54, 1.807) is 6.07 Å². The van der Waals surface area contributed by atoms with E-state index < -0.39 is 11.7 Å². The highest BCUT2D eigenvalue weighted by molar-refractivity contribution is 5.71. The molecule has 1 nitrogen and oxygen atoms in total. The quantitative estimate of drug-likeness (QED) is 0.775. The summed E-state index contributed by atoms with van der Waals surface area (Å²) >= 11 is 0. The lowest BCUT2D eigenvalue weighted by molar-refractivity contribution is -0.137. The van der Waals surface area contributed by atoms with Crippen molar-refractivity contribution in [2.24, 2.45) is 0 Å². The van der Waals surface area contributed by atoms with Crippen molar-refractivity contribution in [1.82, 2.24) is 5.32 Å². The lowest BCUT2D eigenvalue weighted by Gasteiger charge is -2.14. The minimum atomic E-state index is -4.30. The van der Waals surface area contributed by atoms with Crippen LogP contribution in [0, 0.1) is 0 Å². The first kappa shape index (κ1) is 11.0. The normalized spacial score (nSPS) is 16.5. The first-order chi connectivity index (χ1) is 7.50. The predicted molar refractivity (Wildman–Crippen MR) is 56.7 cm³/mol. The number of rotatable bonds is 1. The molecule has 1 aliphatic heterocycles. The lowest BCUT2D eigenvalue weighted by atomic mass is 10.0. The number of alkyl halides is 3. The van der Waals surface area contributed by atoms with Gasteiger partial charge in [-0.3, -0.25) is 0 Å². The summed E-state index contributed by atoms with van der Waals surface area (Å²) in [4.78, 5) is 0. The molecule has 0 saturated carbocycles. The molecule has 1 aliphatic rings. The van der Waals surface area contributed by atoms with Gasteiger partial charge in [0.2, 0.25) is 0 Å². The summed E-state index contributed by atoms with van der Waals surface area (Å²) < 4.78 is 38.3. The van der Waals surface area contributed by atoms with Crippen LogP contribution in [0.4, 0.5) is 13.2 Å². The summed E-state index contributed by atoms with van der Waals surface area (Å²) in [5.41, 5.74) is 1.30. The molecule has 0 radical (unpaired) electrons. The Labute approximate surface area is 92.0 Å². The average molecular weight is 227 g/mol. The zero-order valence-corrected chi connectivity index (χ0v) is 8.86. The van der Waals surface area contributed by atoms with E-state index >= 15 is 0 Å². The third-order valence-corrected chi connectivity index (χ3v) is 2.73. The molecule has 0 atom stereocenters. The minimum Gasteiger partial charge on any atom is -0.384 e. The van der Waals surface area contributed by atoms with Crippen molar-refractivity contribution in [2.45, 2.75) is 19.5 Å². The second kappa shape index (κ2) is 3.85. The van der Waals surface area contributed by atoms with Gasteiger partial charge in [0.05, 0.1) is 5.56 Å². The fourth-order valence-electron chi connectivity index (χ4n) is 1.92. The first-order valence-corrected chi connectivity index (χ1v) is 5.10. The highest BCUT2D eigenvalue weighted by Crippen LogP contribution is 2.36. The van der Waals surface area contributed by atoms with Crippen molar-refractivity contribution in [1.29, 1.82) is 0 Å². The van der Waals surface area contributed by atoms with Crippen LogP contribution in [0.1, 0.15) is 24.5 Å². The summed E-state index contributed by atoms with van der Waals surface area (Å²) in [6, 6.07) is 5.68. The van der Waals surface area contributed by atoms with E-state index in [2.05, 4.69) is 5.32 Å². The molecule has 4 heteroatoms. The van der Waals surface area contributed by atoms with Crippen molar-refractivity contribution in [3.05, 3.63) is 41.0 Å². The standard InChI is InChI=1S/C12H12F3N/c1-8-6-7-16-11(8)9-4-2-3-5-10(9)12(13,14)15/h2-5,16H,6-7H2,1H3. The van der Waals surface area contributed by atoms with Gasteiger partial charge in [0, 0.05) is 17.8 Å². The molecule has 1 N–H and O–H groups in total. The minimum absolute atomic E-state index is 0.255. The van der Waals surface area contributed by atoms with E-state index in [-0.39, 0.29) is 5.56 Å². The van der Waals surface area contributed by atoms with Gasteiger partial charge in [-0.2, -0.15) is 13.2 Å². The van der Waals surface area contributed by atoms with E-state index in [0.717, 1.165) is 18.1 Å². The van der Waals surface area contributed by atoms with Crippen molar-refractivity contribution in [3.8, 4) is 0 Å². The largest absolute Gasteiger partial charge is 0.417 e. The maximum absolute atomic E-state index is 12.8. The summed E-state index contributed by atoms with van der Waals surface area (Å²) in [6.45, 7) is 2.58. The summed E-state index contributed by atoms with van der Waals surface area (Å²) in [5.74, 6) is 0. The van der Waals surface area contributed by atoms with Crippen LogP contribution >= 0.6 is 0 Å². The molecule has 0 spiro atoms. The van der Waals surface area contributed by atoms with E-state index in [9.17, 15) is 13.2 Å². The molecule has 0 amide bonds. The van der Waals surface area contributed by atoms with E-state index in [1.807, 2.05) is 6.92 Å². The van der Waals surface area contributed by atoms with Gasteiger partial charge in [-0.15, -0.1) is 0 Å². The molecule has 1 aromatic carbocycles. The average Bonchev–Trinajstić information content (AvgIpc) is 2.63. The Bertz CT molecular complexity index is 432. The van der Waals surface area contributed by atoms with E-state index in [0.29, 0.717) is 12.2 Å². The smallest absolute Gasteiger partial charge is 0.384 e. The molecule has 2 rings (SSSR count). The van der Waals surface area contributed by atoms with Gasteiger partial charge in [0.15, 0.2) is 0 Å². The number of hydrogen-bond acceptors (Lipinski definition) is 1. The highest BCUT2D eigenvalue weighted by Gasteiger charge is 2.34. The monoisotopic (exact) mass is 227 g/mol. The SMILES string of the molecule is CC1=C(c2ccccc2C(F)(F)F)NCC1. The molecule has 0 saturated heterocycles. The molecule has 0 aromatic heterocycles. The zero-order chi connectivity index (χ0) is 11.8. The number of nitrogens with one attached hydrogen (secondary N) is 1. The van der Waals surface area contributed by atoms with Gasteiger partial charge in [0.1, 0.15) is 0 Å². The fraction of sp³-hybridized carbons (Fsp3) is 0.333.